The molecule has 62 valence electrons. The van der Waals surface area contributed by atoms with Gasteiger partial charge in [0.05, 0.1) is 11.7 Å². The molecule has 3 nitrogen and oxygen atoms in total. The normalized spacial score (nSPS) is 13.4. The molecule has 1 unspecified atom stereocenters. The predicted molar refractivity (Wildman–Crippen MR) is 43.1 cm³/mol. The Morgan fingerprint density at radius 2 is 2.45 bits per heavy atom. The fourth-order valence-electron chi connectivity index (χ4n) is 0.977. The van der Waals surface area contributed by atoms with Crippen LogP contribution >= 0.6 is 0 Å². The molecule has 1 rings (SSSR count). The molecular weight excluding hydrogens is 140 g/mol. The van der Waals surface area contributed by atoms with Gasteiger partial charge in [-0.15, -0.1) is 0 Å². The number of hydrogen-bond acceptors (Lipinski definition) is 3. The van der Waals surface area contributed by atoms with E-state index in [1.807, 2.05) is 6.92 Å². The van der Waals surface area contributed by atoms with Crippen LogP contribution in [-0.2, 0) is 0 Å². The van der Waals surface area contributed by atoms with Gasteiger partial charge < -0.3 is 10.2 Å². The van der Waals surface area contributed by atoms with Crippen LogP contribution in [0.1, 0.15) is 37.4 Å². The predicted octanol–water partition coefficient (Wildman–Crippen LogP) is 1.78. The molecule has 0 aromatic carbocycles. The molecule has 0 saturated heterocycles. The molecule has 0 aliphatic rings. The summed E-state index contributed by atoms with van der Waals surface area (Å²) < 4.78 is 5.14. The Bertz CT molecular complexity index is 220. The van der Waals surface area contributed by atoms with Crippen molar-refractivity contribution in [3.8, 4) is 0 Å². The SMILES string of the molecule is CCCC(N)c1nc(C)co1. The molecule has 0 radical (unpaired) electrons. The standard InChI is InChI=1S/C8H14N2O/c1-3-4-7(9)8-10-6(2)5-11-8/h5,7H,3-4,9H2,1-2H3. The molecule has 3 heteroatoms. The van der Waals surface area contributed by atoms with Crippen molar-refractivity contribution in [2.24, 2.45) is 5.73 Å². The van der Waals surface area contributed by atoms with Crippen LogP contribution in [0.5, 0.6) is 0 Å². The smallest absolute Gasteiger partial charge is 0.211 e. The average Bonchev–Trinajstić information content (AvgIpc) is 2.36. The Morgan fingerprint density at radius 1 is 1.73 bits per heavy atom. The van der Waals surface area contributed by atoms with Gasteiger partial charge in [0, 0.05) is 0 Å². The summed E-state index contributed by atoms with van der Waals surface area (Å²) in [5.41, 5.74) is 6.66. The van der Waals surface area contributed by atoms with E-state index in [1.165, 1.54) is 0 Å². The Morgan fingerprint density at radius 3 is 2.91 bits per heavy atom. The van der Waals surface area contributed by atoms with E-state index in [0.717, 1.165) is 18.5 Å². The number of oxazole rings is 1. The molecule has 2 N–H and O–H groups in total. The van der Waals surface area contributed by atoms with E-state index in [-0.39, 0.29) is 6.04 Å². The van der Waals surface area contributed by atoms with Crippen LogP contribution in [0.3, 0.4) is 0 Å². The summed E-state index contributed by atoms with van der Waals surface area (Å²) in [5, 5.41) is 0. The third-order valence-corrected chi connectivity index (χ3v) is 1.55. The molecule has 0 fully saturated rings. The molecule has 0 aliphatic heterocycles. The lowest BCUT2D eigenvalue weighted by atomic mass is 10.2. The van der Waals surface area contributed by atoms with Crippen LogP contribution in [0, 0.1) is 6.92 Å². The third kappa shape index (κ3) is 2.05. The van der Waals surface area contributed by atoms with Crippen LogP contribution < -0.4 is 5.73 Å². The first kappa shape index (κ1) is 8.27. The highest BCUT2D eigenvalue weighted by Crippen LogP contribution is 2.13. The Kier molecular flexibility index (Phi) is 2.65. The van der Waals surface area contributed by atoms with Crippen LogP contribution in [0.15, 0.2) is 10.7 Å². The van der Waals surface area contributed by atoms with Crippen molar-refractivity contribution in [3.63, 3.8) is 0 Å². The molecule has 0 spiro atoms. The zero-order chi connectivity index (χ0) is 8.27. The second-order valence-electron chi connectivity index (χ2n) is 2.72. The lowest BCUT2D eigenvalue weighted by Crippen LogP contribution is -2.09. The molecule has 1 heterocycles. The largest absolute Gasteiger partial charge is 0.447 e. The van der Waals surface area contributed by atoms with Gasteiger partial charge >= 0.3 is 0 Å². The van der Waals surface area contributed by atoms with E-state index >= 15 is 0 Å². The number of nitrogens with zero attached hydrogens (tertiary/aromatic N) is 1. The quantitative estimate of drug-likeness (QED) is 0.722. The van der Waals surface area contributed by atoms with Crippen molar-refractivity contribution < 1.29 is 4.42 Å². The Labute approximate surface area is 66.6 Å². The van der Waals surface area contributed by atoms with Crippen molar-refractivity contribution in [1.29, 1.82) is 0 Å². The maximum Gasteiger partial charge on any atom is 0.211 e. The topological polar surface area (TPSA) is 52.0 Å². The molecule has 1 aromatic heterocycles. The maximum absolute atomic E-state index is 5.76. The molecular formula is C8H14N2O. The molecule has 0 aliphatic carbocycles. The highest BCUT2D eigenvalue weighted by molar-refractivity contribution is 4.96. The van der Waals surface area contributed by atoms with Gasteiger partial charge in [0.2, 0.25) is 5.89 Å². The van der Waals surface area contributed by atoms with Crippen LogP contribution in [0.4, 0.5) is 0 Å². The highest BCUT2D eigenvalue weighted by Gasteiger charge is 2.09. The molecule has 0 bridgehead atoms. The molecule has 0 amide bonds. The fraction of sp³-hybridized carbons (Fsp3) is 0.625. The summed E-state index contributed by atoms with van der Waals surface area (Å²) in [6.45, 7) is 3.99. The van der Waals surface area contributed by atoms with E-state index in [4.69, 9.17) is 10.2 Å². The summed E-state index contributed by atoms with van der Waals surface area (Å²) in [5.74, 6) is 0.657. The number of rotatable bonds is 3. The fourth-order valence-corrected chi connectivity index (χ4v) is 0.977. The van der Waals surface area contributed by atoms with Crippen molar-refractivity contribution in [3.05, 3.63) is 17.8 Å². The molecule has 1 aromatic rings. The first-order chi connectivity index (χ1) is 5.24. The van der Waals surface area contributed by atoms with Gasteiger partial charge in [0.15, 0.2) is 0 Å². The highest BCUT2D eigenvalue weighted by atomic mass is 16.3. The van der Waals surface area contributed by atoms with Gasteiger partial charge in [0.25, 0.3) is 0 Å². The number of aryl methyl sites for hydroxylation is 1. The van der Waals surface area contributed by atoms with E-state index in [0.29, 0.717) is 5.89 Å². The number of nitrogens with two attached hydrogens (primary N) is 1. The molecule has 1 atom stereocenters. The lowest BCUT2D eigenvalue weighted by Gasteiger charge is -2.03. The van der Waals surface area contributed by atoms with E-state index in [2.05, 4.69) is 11.9 Å². The summed E-state index contributed by atoms with van der Waals surface area (Å²) in [6.07, 6.45) is 3.62. The molecule has 11 heavy (non-hydrogen) atoms. The van der Waals surface area contributed by atoms with Crippen LogP contribution in [-0.4, -0.2) is 4.98 Å². The summed E-state index contributed by atoms with van der Waals surface area (Å²) >= 11 is 0. The second-order valence-corrected chi connectivity index (χ2v) is 2.72. The Hall–Kier alpha value is -0.830. The van der Waals surface area contributed by atoms with Crippen molar-refractivity contribution in [2.45, 2.75) is 32.7 Å². The minimum atomic E-state index is -0.0336. The van der Waals surface area contributed by atoms with Gasteiger partial charge in [-0.1, -0.05) is 13.3 Å². The van der Waals surface area contributed by atoms with Crippen molar-refractivity contribution in [1.82, 2.24) is 4.98 Å². The van der Waals surface area contributed by atoms with Gasteiger partial charge in [0.1, 0.15) is 6.26 Å². The number of hydrogen-bond donors (Lipinski definition) is 1. The average molecular weight is 154 g/mol. The third-order valence-electron chi connectivity index (χ3n) is 1.55. The van der Waals surface area contributed by atoms with Gasteiger partial charge in [-0.3, -0.25) is 0 Å². The van der Waals surface area contributed by atoms with Crippen LogP contribution in [0.2, 0.25) is 0 Å². The first-order valence-electron chi connectivity index (χ1n) is 3.91. The van der Waals surface area contributed by atoms with Crippen LogP contribution in [0.25, 0.3) is 0 Å². The molecule has 0 saturated carbocycles. The minimum Gasteiger partial charge on any atom is -0.447 e. The van der Waals surface area contributed by atoms with Gasteiger partial charge in [-0.05, 0) is 13.3 Å². The number of aromatic nitrogens is 1. The lowest BCUT2D eigenvalue weighted by molar-refractivity contribution is 0.434. The van der Waals surface area contributed by atoms with Crippen molar-refractivity contribution >= 4 is 0 Å². The first-order valence-corrected chi connectivity index (χ1v) is 3.91. The van der Waals surface area contributed by atoms with E-state index in [9.17, 15) is 0 Å². The summed E-state index contributed by atoms with van der Waals surface area (Å²) in [6, 6.07) is -0.0336. The van der Waals surface area contributed by atoms with Crippen molar-refractivity contribution in [2.75, 3.05) is 0 Å². The zero-order valence-corrected chi connectivity index (χ0v) is 7.00. The van der Waals surface area contributed by atoms with Gasteiger partial charge in [-0.25, -0.2) is 4.98 Å². The van der Waals surface area contributed by atoms with Gasteiger partial charge in [-0.2, -0.15) is 0 Å². The maximum atomic E-state index is 5.76. The second kappa shape index (κ2) is 3.53. The van der Waals surface area contributed by atoms with E-state index < -0.39 is 0 Å². The Balaban J connectivity index is 2.60. The monoisotopic (exact) mass is 154 g/mol. The van der Waals surface area contributed by atoms with E-state index in [1.54, 1.807) is 6.26 Å². The zero-order valence-electron chi connectivity index (χ0n) is 7.00. The summed E-state index contributed by atoms with van der Waals surface area (Å²) in [4.78, 5) is 4.14. The summed E-state index contributed by atoms with van der Waals surface area (Å²) in [7, 11) is 0. The minimum absolute atomic E-state index is 0.0336.